The molecule has 0 heterocycles. The molecule has 0 bridgehead atoms. The molecule has 0 aliphatic rings. The van der Waals surface area contributed by atoms with Crippen molar-refractivity contribution < 1.29 is 124 Å². The molecule has 0 aromatic carbocycles. The number of carboxylic acids is 1. The average molecular weight is 1450 g/mol. The molecule has 1 unspecified atom stereocenters. The van der Waals surface area contributed by atoms with Gasteiger partial charge in [0.15, 0.2) is 0 Å². The maximum absolute atomic E-state index is 13.2. The first-order chi connectivity index (χ1) is 49.6. The van der Waals surface area contributed by atoms with Crippen molar-refractivity contribution in [3.05, 3.63) is 0 Å². The number of unbranched alkanes of at least 4 members (excludes halogenated alkanes) is 15. The Morgan fingerprint density at radius 1 is 0.220 bits per heavy atom. The van der Waals surface area contributed by atoms with E-state index in [-0.39, 0.29) is 18.2 Å². The number of carbonyl (C=O) groups is 2. The van der Waals surface area contributed by atoms with Crippen LogP contribution < -0.4 is 5.32 Å². The summed E-state index contributed by atoms with van der Waals surface area (Å²) in [7, 11) is 0. The highest BCUT2D eigenvalue weighted by molar-refractivity contribution is 5.78. The van der Waals surface area contributed by atoms with Crippen LogP contribution in [0.1, 0.15) is 149 Å². The molecular formula is C73H145NO26. The lowest BCUT2D eigenvalue weighted by atomic mass is 9.93. The molecule has 598 valence electrons. The minimum atomic E-state index is -0.706. The Labute approximate surface area is 603 Å². The molecule has 27 nitrogen and oxygen atoms in total. The van der Waals surface area contributed by atoms with Crippen molar-refractivity contribution in [2.45, 2.75) is 149 Å². The predicted molar refractivity (Wildman–Crippen MR) is 381 cm³/mol. The van der Waals surface area contributed by atoms with E-state index in [0.717, 1.165) is 70.8 Å². The highest BCUT2D eigenvalue weighted by Gasteiger charge is 2.18. The lowest BCUT2D eigenvalue weighted by Crippen LogP contribution is -2.33. The van der Waals surface area contributed by atoms with Gasteiger partial charge < -0.3 is 119 Å². The van der Waals surface area contributed by atoms with Gasteiger partial charge in [0, 0.05) is 25.5 Å². The molecule has 0 aliphatic heterocycles. The van der Waals surface area contributed by atoms with Gasteiger partial charge in [-0.05, 0) is 25.7 Å². The zero-order chi connectivity index (χ0) is 71.8. The van der Waals surface area contributed by atoms with Gasteiger partial charge >= 0.3 is 5.97 Å². The molecule has 27 heteroatoms. The quantitative estimate of drug-likeness (QED) is 0.0540. The van der Waals surface area contributed by atoms with Gasteiger partial charge in [0.1, 0.15) is 0 Å². The molecule has 0 saturated carbocycles. The zero-order valence-electron chi connectivity index (χ0n) is 62.8. The highest BCUT2D eigenvalue weighted by atomic mass is 16.6. The Morgan fingerprint density at radius 2 is 0.390 bits per heavy atom. The number of hydrogen-bond acceptors (Lipinski definition) is 25. The second kappa shape index (κ2) is 91.2. The third kappa shape index (κ3) is 88.4. The van der Waals surface area contributed by atoms with Crippen LogP contribution in [0.25, 0.3) is 0 Å². The number of nitrogens with one attached hydrogen (secondary N) is 1. The normalized spacial score (nSPS) is 12.0. The Morgan fingerprint density at radius 3 is 0.580 bits per heavy atom. The van der Waals surface area contributed by atoms with E-state index in [1.54, 1.807) is 0 Å². The van der Waals surface area contributed by atoms with Crippen LogP contribution in [0.3, 0.4) is 0 Å². The van der Waals surface area contributed by atoms with Gasteiger partial charge in [-0.2, -0.15) is 0 Å². The lowest BCUT2D eigenvalue weighted by molar-refractivity contribution is -0.137. The Balaban J connectivity index is 3.33. The number of carboxylic acid groups (broad SMARTS) is 1. The first-order valence-electron chi connectivity index (χ1n) is 38.4. The van der Waals surface area contributed by atoms with Crippen LogP contribution in [0.4, 0.5) is 0 Å². The third-order valence-corrected chi connectivity index (χ3v) is 14.8. The summed E-state index contributed by atoms with van der Waals surface area (Å²) in [4.78, 5) is 23.9. The number of amides is 1. The number of ether oxygens (including phenoxy) is 23. The van der Waals surface area contributed by atoms with E-state index in [0.29, 0.717) is 304 Å². The second-order valence-electron chi connectivity index (χ2n) is 23.5. The fraction of sp³-hybridized carbons (Fsp3) is 0.973. The average Bonchev–Trinajstić information content (AvgIpc) is 1.88. The number of rotatable bonds is 93. The van der Waals surface area contributed by atoms with Gasteiger partial charge in [-0.15, -0.1) is 0 Å². The van der Waals surface area contributed by atoms with Gasteiger partial charge in [-0.1, -0.05) is 117 Å². The number of carbonyl (C=O) groups excluding carboxylic acids is 1. The van der Waals surface area contributed by atoms with E-state index >= 15 is 0 Å². The molecule has 0 aromatic rings. The van der Waals surface area contributed by atoms with E-state index in [4.69, 9.17) is 114 Å². The molecule has 0 aliphatic carbocycles. The monoisotopic (exact) mass is 1450 g/mol. The zero-order valence-corrected chi connectivity index (χ0v) is 62.8. The van der Waals surface area contributed by atoms with Crippen LogP contribution in [0.2, 0.25) is 0 Å². The van der Waals surface area contributed by atoms with E-state index < -0.39 is 5.97 Å². The van der Waals surface area contributed by atoms with E-state index in [2.05, 4.69) is 19.2 Å². The van der Waals surface area contributed by atoms with Crippen LogP contribution in [-0.2, 0) is 119 Å². The fourth-order valence-corrected chi connectivity index (χ4v) is 9.31. The van der Waals surface area contributed by atoms with Gasteiger partial charge in [-0.25, -0.2) is 0 Å². The summed E-state index contributed by atoms with van der Waals surface area (Å²) in [5.74, 6) is -0.495. The summed E-state index contributed by atoms with van der Waals surface area (Å²) in [5.41, 5.74) is 0. The van der Waals surface area contributed by atoms with Crippen molar-refractivity contribution in [1.29, 1.82) is 0 Å². The second-order valence-corrected chi connectivity index (χ2v) is 23.5. The third-order valence-electron chi connectivity index (χ3n) is 14.8. The molecule has 0 aromatic heterocycles. The molecule has 0 radical (unpaired) electrons. The van der Waals surface area contributed by atoms with Crippen LogP contribution in [0, 0.1) is 5.92 Å². The summed E-state index contributed by atoms with van der Waals surface area (Å²) < 4.78 is 127. The molecule has 2 N–H and O–H groups in total. The summed E-state index contributed by atoms with van der Waals surface area (Å²) >= 11 is 0. The van der Waals surface area contributed by atoms with Crippen LogP contribution in [0.5, 0.6) is 0 Å². The molecule has 0 rings (SSSR count). The van der Waals surface area contributed by atoms with Gasteiger partial charge in [0.05, 0.1) is 297 Å². The highest BCUT2D eigenvalue weighted by Crippen LogP contribution is 2.20. The number of aliphatic carboxylic acids is 1. The lowest BCUT2D eigenvalue weighted by Gasteiger charge is -2.17. The largest absolute Gasteiger partial charge is 0.481 e. The molecule has 0 saturated heterocycles. The van der Waals surface area contributed by atoms with Gasteiger partial charge in [-0.3, -0.25) is 9.59 Å². The Bertz CT molecular complexity index is 1520. The van der Waals surface area contributed by atoms with Crippen LogP contribution >= 0.6 is 0 Å². The molecule has 1 atom stereocenters. The van der Waals surface area contributed by atoms with Crippen molar-refractivity contribution in [2.75, 3.05) is 310 Å². The molecule has 100 heavy (non-hydrogen) atoms. The predicted octanol–water partition coefficient (Wildman–Crippen LogP) is 8.42. The summed E-state index contributed by atoms with van der Waals surface area (Å²) in [6.07, 6.45) is 23.2. The first kappa shape index (κ1) is 98.0. The minimum absolute atomic E-state index is 0.0572. The van der Waals surface area contributed by atoms with E-state index in [9.17, 15) is 9.59 Å². The smallest absolute Gasteiger partial charge is 0.303 e. The first-order valence-corrected chi connectivity index (χ1v) is 38.4. The van der Waals surface area contributed by atoms with Crippen LogP contribution in [-0.4, -0.2) is 327 Å². The van der Waals surface area contributed by atoms with Crippen LogP contribution in [0.15, 0.2) is 0 Å². The van der Waals surface area contributed by atoms with Crippen molar-refractivity contribution in [2.24, 2.45) is 5.92 Å². The number of hydrogen-bond donors (Lipinski definition) is 2. The van der Waals surface area contributed by atoms with Gasteiger partial charge in [0.25, 0.3) is 0 Å². The van der Waals surface area contributed by atoms with Crippen molar-refractivity contribution in [1.82, 2.24) is 5.32 Å². The Hall–Kier alpha value is -1.98. The maximum Gasteiger partial charge on any atom is 0.303 e. The summed E-state index contributed by atoms with van der Waals surface area (Å²) in [5, 5.41) is 11.9. The fourth-order valence-electron chi connectivity index (χ4n) is 9.31. The van der Waals surface area contributed by atoms with Crippen molar-refractivity contribution >= 4 is 11.9 Å². The molecular weight excluding hydrogens is 1310 g/mol. The minimum Gasteiger partial charge on any atom is -0.481 e. The van der Waals surface area contributed by atoms with E-state index in [1.165, 1.54) is 64.2 Å². The van der Waals surface area contributed by atoms with Crippen molar-refractivity contribution in [3.63, 3.8) is 0 Å². The van der Waals surface area contributed by atoms with Gasteiger partial charge in [0.2, 0.25) is 5.91 Å². The maximum atomic E-state index is 13.2. The summed E-state index contributed by atoms with van der Waals surface area (Å²) in [6.45, 7) is 27.8. The van der Waals surface area contributed by atoms with E-state index in [1.807, 2.05) is 0 Å². The SMILES string of the molecule is CCCCCCCCCCCC(CCCCCCCCCCC(=O)O)C(=O)NCCOCCOCCOCCOCCOCCOCCOCCOCCOCCOCCOCCOCCOCCOCCOCCOCCOCCOCCOCCOCCOCCOCCOCCC. The Kier molecular flexibility index (Phi) is 89.4. The molecule has 1 amide bonds. The topological polar surface area (TPSA) is 279 Å². The molecule has 0 spiro atoms. The van der Waals surface area contributed by atoms with Crippen molar-refractivity contribution in [3.8, 4) is 0 Å². The standard InChI is InChI=1S/C73H145NO26/c1-3-5-6-7-8-9-12-15-18-21-71(22-19-16-13-10-11-14-17-20-23-72(75)76)73(77)74-24-26-79-28-30-81-32-34-83-36-38-85-40-42-87-44-46-89-48-50-91-52-54-93-56-58-95-60-62-97-64-66-99-68-70-100-69-67-98-65-63-96-61-59-94-57-55-92-53-51-90-49-47-88-45-43-86-41-39-84-37-35-82-33-31-80-29-27-78-25-4-2/h71H,3-70H2,1-2H3,(H,74,77)(H,75,76). The molecule has 0 fully saturated rings. The summed E-state index contributed by atoms with van der Waals surface area (Å²) in [6, 6.07) is 0.